The average molecular weight is 280 g/mol. The van der Waals surface area contributed by atoms with Crippen LogP contribution in [0.3, 0.4) is 0 Å². The summed E-state index contributed by atoms with van der Waals surface area (Å²) in [6, 6.07) is 3.25. The van der Waals surface area contributed by atoms with Gasteiger partial charge >= 0.3 is 0 Å². The van der Waals surface area contributed by atoms with Gasteiger partial charge in [-0.15, -0.1) is 0 Å². The van der Waals surface area contributed by atoms with Crippen LogP contribution >= 0.6 is 11.8 Å². The third kappa shape index (κ3) is 5.65. The van der Waals surface area contributed by atoms with Gasteiger partial charge in [-0.2, -0.15) is 11.8 Å². The molecule has 1 aromatic rings. The minimum atomic E-state index is -0.696. The van der Waals surface area contributed by atoms with Crippen molar-refractivity contribution >= 4 is 29.2 Å². The maximum Gasteiger partial charge on any atom is 0.287 e. The van der Waals surface area contributed by atoms with Gasteiger partial charge in [-0.05, 0) is 30.6 Å². The SMILES string of the molecule is CSCCCC(=O)C(=O)NCC(=O)c1cccnc1. The molecule has 1 N–H and O–H groups in total. The van der Waals surface area contributed by atoms with E-state index in [1.807, 2.05) is 6.26 Å². The minimum Gasteiger partial charge on any atom is -0.342 e. The van der Waals surface area contributed by atoms with E-state index in [0.29, 0.717) is 12.0 Å². The number of thioether (sulfide) groups is 1. The molecule has 0 bridgehead atoms. The molecular formula is C13H16N2O3S. The lowest BCUT2D eigenvalue weighted by Crippen LogP contribution is -2.35. The van der Waals surface area contributed by atoms with Gasteiger partial charge in [0.25, 0.3) is 5.91 Å². The summed E-state index contributed by atoms with van der Waals surface area (Å²) in [7, 11) is 0. The van der Waals surface area contributed by atoms with Gasteiger partial charge < -0.3 is 5.32 Å². The lowest BCUT2D eigenvalue weighted by Gasteiger charge is -2.03. The summed E-state index contributed by atoms with van der Waals surface area (Å²) < 4.78 is 0. The molecule has 0 saturated heterocycles. The Bertz CT molecular complexity index is 448. The predicted molar refractivity (Wildman–Crippen MR) is 74.2 cm³/mol. The molecule has 0 unspecified atom stereocenters. The van der Waals surface area contributed by atoms with Crippen LogP contribution in [-0.4, -0.2) is 41.0 Å². The molecule has 102 valence electrons. The number of amides is 1. The summed E-state index contributed by atoms with van der Waals surface area (Å²) in [5.74, 6) is -0.599. The van der Waals surface area contributed by atoms with Crippen molar-refractivity contribution in [3.05, 3.63) is 30.1 Å². The van der Waals surface area contributed by atoms with Crippen LogP contribution in [0.2, 0.25) is 0 Å². The zero-order valence-corrected chi connectivity index (χ0v) is 11.5. The van der Waals surface area contributed by atoms with Crippen LogP contribution < -0.4 is 5.32 Å². The number of ketones is 2. The van der Waals surface area contributed by atoms with Crippen molar-refractivity contribution in [3.63, 3.8) is 0 Å². The van der Waals surface area contributed by atoms with Gasteiger partial charge in [0.1, 0.15) is 0 Å². The van der Waals surface area contributed by atoms with E-state index in [1.54, 1.807) is 30.1 Å². The van der Waals surface area contributed by atoms with Crippen molar-refractivity contribution in [3.8, 4) is 0 Å². The molecule has 0 aliphatic rings. The summed E-state index contributed by atoms with van der Waals surface area (Å²) in [5.41, 5.74) is 0.414. The molecule has 0 radical (unpaired) electrons. The molecule has 0 fully saturated rings. The van der Waals surface area contributed by atoms with E-state index >= 15 is 0 Å². The number of aromatic nitrogens is 1. The van der Waals surface area contributed by atoms with Gasteiger partial charge in [0.05, 0.1) is 6.54 Å². The van der Waals surface area contributed by atoms with Gasteiger partial charge in [-0.25, -0.2) is 0 Å². The molecule has 1 amide bonds. The number of nitrogens with one attached hydrogen (secondary N) is 1. The second kappa shape index (κ2) is 8.42. The number of hydrogen-bond donors (Lipinski definition) is 1. The Labute approximate surface area is 116 Å². The van der Waals surface area contributed by atoms with E-state index < -0.39 is 11.7 Å². The number of Topliss-reactive ketones (excluding diaryl/α,β-unsaturated/α-hetero) is 2. The molecule has 19 heavy (non-hydrogen) atoms. The lowest BCUT2D eigenvalue weighted by molar-refractivity contribution is -0.137. The zero-order valence-electron chi connectivity index (χ0n) is 10.7. The molecule has 0 saturated carbocycles. The topological polar surface area (TPSA) is 76.1 Å². The maximum atomic E-state index is 11.7. The van der Waals surface area contributed by atoms with Crippen molar-refractivity contribution in [1.29, 1.82) is 0 Å². The third-order valence-corrected chi connectivity index (χ3v) is 3.10. The number of pyridine rings is 1. The highest BCUT2D eigenvalue weighted by molar-refractivity contribution is 7.98. The molecular weight excluding hydrogens is 264 g/mol. The molecule has 1 rings (SSSR count). The van der Waals surface area contributed by atoms with Crippen molar-refractivity contribution in [1.82, 2.24) is 10.3 Å². The quantitative estimate of drug-likeness (QED) is 0.438. The Morgan fingerprint density at radius 2 is 2.16 bits per heavy atom. The summed E-state index contributed by atoms with van der Waals surface area (Å²) in [4.78, 5) is 38.3. The van der Waals surface area contributed by atoms with E-state index in [9.17, 15) is 14.4 Å². The molecule has 0 aliphatic heterocycles. The van der Waals surface area contributed by atoms with Gasteiger partial charge in [0.15, 0.2) is 5.78 Å². The second-order valence-corrected chi connectivity index (χ2v) is 4.85. The van der Waals surface area contributed by atoms with Gasteiger partial charge in [0, 0.05) is 24.4 Å². The molecule has 1 heterocycles. The minimum absolute atomic E-state index is 0.182. The Hall–Kier alpha value is -1.69. The normalized spacial score (nSPS) is 9.95. The summed E-state index contributed by atoms with van der Waals surface area (Å²) >= 11 is 1.63. The largest absolute Gasteiger partial charge is 0.342 e. The first-order valence-electron chi connectivity index (χ1n) is 5.88. The first-order valence-corrected chi connectivity index (χ1v) is 7.27. The molecule has 0 atom stereocenters. The monoisotopic (exact) mass is 280 g/mol. The highest BCUT2D eigenvalue weighted by Crippen LogP contribution is 2.00. The molecule has 1 aromatic heterocycles. The standard InChI is InChI=1S/C13H16N2O3S/c1-19-7-3-5-11(16)13(18)15-9-12(17)10-4-2-6-14-8-10/h2,4,6,8H,3,5,7,9H2,1H3,(H,15,18). The highest BCUT2D eigenvalue weighted by atomic mass is 32.2. The van der Waals surface area contributed by atoms with Crippen LogP contribution in [0.5, 0.6) is 0 Å². The van der Waals surface area contributed by atoms with E-state index in [1.165, 1.54) is 6.20 Å². The Kier molecular flexibility index (Phi) is 6.81. The average Bonchev–Trinajstić information content (AvgIpc) is 2.45. The summed E-state index contributed by atoms with van der Waals surface area (Å²) in [6.45, 7) is -0.182. The molecule has 0 aromatic carbocycles. The first-order chi connectivity index (χ1) is 9.15. The number of hydrogen-bond acceptors (Lipinski definition) is 5. The van der Waals surface area contributed by atoms with Gasteiger partial charge in [-0.1, -0.05) is 0 Å². The van der Waals surface area contributed by atoms with Gasteiger partial charge in [0.2, 0.25) is 5.78 Å². The second-order valence-electron chi connectivity index (χ2n) is 3.87. The van der Waals surface area contributed by atoms with Crippen molar-refractivity contribution < 1.29 is 14.4 Å². The van der Waals surface area contributed by atoms with E-state index in [0.717, 1.165) is 5.75 Å². The van der Waals surface area contributed by atoms with E-state index in [4.69, 9.17) is 0 Å². The Balaban J connectivity index is 2.34. The molecule has 6 heteroatoms. The number of carbonyl (C=O) groups excluding carboxylic acids is 3. The predicted octanol–water partition coefficient (Wildman–Crippen LogP) is 1.09. The fourth-order valence-electron chi connectivity index (χ4n) is 1.38. The number of carbonyl (C=O) groups is 3. The Morgan fingerprint density at radius 1 is 1.37 bits per heavy atom. The highest BCUT2D eigenvalue weighted by Gasteiger charge is 2.14. The van der Waals surface area contributed by atoms with Crippen LogP contribution in [0.1, 0.15) is 23.2 Å². The molecule has 0 aliphatic carbocycles. The van der Waals surface area contributed by atoms with Crippen molar-refractivity contribution in [2.24, 2.45) is 0 Å². The van der Waals surface area contributed by atoms with E-state index in [-0.39, 0.29) is 18.7 Å². The van der Waals surface area contributed by atoms with Crippen molar-refractivity contribution in [2.45, 2.75) is 12.8 Å². The lowest BCUT2D eigenvalue weighted by atomic mass is 10.2. The van der Waals surface area contributed by atoms with Crippen LogP contribution in [0, 0.1) is 0 Å². The number of rotatable bonds is 8. The fourth-order valence-corrected chi connectivity index (χ4v) is 1.81. The van der Waals surface area contributed by atoms with Crippen LogP contribution in [0.25, 0.3) is 0 Å². The van der Waals surface area contributed by atoms with Crippen LogP contribution in [0.15, 0.2) is 24.5 Å². The van der Waals surface area contributed by atoms with E-state index in [2.05, 4.69) is 10.3 Å². The summed E-state index contributed by atoms with van der Waals surface area (Å²) in [5, 5.41) is 2.34. The van der Waals surface area contributed by atoms with Crippen LogP contribution in [0.4, 0.5) is 0 Å². The number of nitrogens with zero attached hydrogens (tertiary/aromatic N) is 1. The Morgan fingerprint density at radius 3 is 2.79 bits per heavy atom. The fraction of sp³-hybridized carbons (Fsp3) is 0.385. The summed E-state index contributed by atoms with van der Waals surface area (Å²) in [6.07, 6.45) is 5.81. The first kappa shape index (κ1) is 15.4. The zero-order chi connectivity index (χ0) is 14.1. The smallest absolute Gasteiger partial charge is 0.287 e. The maximum absolute atomic E-state index is 11.7. The van der Waals surface area contributed by atoms with Crippen LogP contribution in [-0.2, 0) is 9.59 Å². The molecule has 0 spiro atoms. The van der Waals surface area contributed by atoms with Crippen molar-refractivity contribution in [2.75, 3.05) is 18.6 Å². The van der Waals surface area contributed by atoms with Gasteiger partial charge in [-0.3, -0.25) is 19.4 Å². The molecule has 5 nitrogen and oxygen atoms in total. The third-order valence-electron chi connectivity index (χ3n) is 2.40.